The van der Waals surface area contributed by atoms with E-state index in [0.717, 1.165) is 44.5 Å². The third-order valence-corrected chi connectivity index (χ3v) is 4.75. The van der Waals surface area contributed by atoms with Crippen LogP contribution in [0, 0.1) is 5.92 Å². The van der Waals surface area contributed by atoms with E-state index in [1.165, 1.54) is 5.56 Å². The maximum absolute atomic E-state index is 12.6. The first-order valence-electron chi connectivity index (χ1n) is 8.04. The fraction of sp³-hybridized carbons (Fsp3) is 0.529. The minimum absolute atomic E-state index is 0.0738. The summed E-state index contributed by atoms with van der Waals surface area (Å²) in [6.45, 7) is 1.71. The third kappa shape index (κ3) is 3.30. The van der Waals surface area contributed by atoms with E-state index in [4.69, 9.17) is 5.73 Å². The summed E-state index contributed by atoms with van der Waals surface area (Å²) < 4.78 is 0. The molecule has 1 aromatic rings. The zero-order valence-electron chi connectivity index (χ0n) is 12.8. The second-order valence-corrected chi connectivity index (χ2v) is 6.37. The number of anilines is 1. The fourth-order valence-electron chi connectivity index (χ4n) is 3.68. The first-order valence-corrected chi connectivity index (χ1v) is 8.04. The van der Waals surface area contributed by atoms with Crippen LogP contribution in [0.15, 0.2) is 24.3 Å². The lowest BCUT2D eigenvalue weighted by Gasteiger charge is -2.36. The van der Waals surface area contributed by atoms with Crippen LogP contribution in [0.3, 0.4) is 0 Å². The smallest absolute Gasteiger partial charge is 0.241 e. The average Bonchev–Trinajstić information content (AvgIpc) is 2.65. The molecule has 0 spiro atoms. The lowest BCUT2D eigenvalue weighted by molar-refractivity contribution is -0.122. The molecule has 5 heteroatoms. The van der Waals surface area contributed by atoms with Crippen molar-refractivity contribution in [3.05, 3.63) is 29.8 Å². The van der Waals surface area contributed by atoms with Crippen molar-refractivity contribution in [3.63, 3.8) is 0 Å². The molecular formula is C17H23N3O2. The van der Waals surface area contributed by atoms with Crippen molar-refractivity contribution < 1.29 is 9.59 Å². The van der Waals surface area contributed by atoms with Gasteiger partial charge in [-0.1, -0.05) is 18.2 Å². The number of benzene rings is 1. The number of hydrogen-bond acceptors (Lipinski definition) is 3. The van der Waals surface area contributed by atoms with Crippen molar-refractivity contribution in [2.75, 3.05) is 18.4 Å². The van der Waals surface area contributed by atoms with Gasteiger partial charge in [0.2, 0.25) is 11.8 Å². The summed E-state index contributed by atoms with van der Waals surface area (Å²) >= 11 is 0. The van der Waals surface area contributed by atoms with Crippen molar-refractivity contribution in [1.29, 1.82) is 0 Å². The Hall–Kier alpha value is -1.88. The molecule has 2 aliphatic heterocycles. The monoisotopic (exact) mass is 301 g/mol. The molecule has 0 aromatic heterocycles. The van der Waals surface area contributed by atoms with Gasteiger partial charge in [0.05, 0.1) is 6.04 Å². The summed E-state index contributed by atoms with van der Waals surface area (Å²) in [6.07, 6.45) is 4.19. The Kier molecular flexibility index (Phi) is 4.43. The molecule has 1 saturated heterocycles. The van der Waals surface area contributed by atoms with Gasteiger partial charge < -0.3 is 11.1 Å². The van der Waals surface area contributed by atoms with Crippen LogP contribution in [0.5, 0.6) is 0 Å². The Bertz CT molecular complexity index is 573. The molecule has 0 unspecified atom stereocenters. The van der Waals surface area contributed by atoms with E-state index in [1.807, 2.05) is 18.2 Å². The molecule has 0 radical (unpaired) electrons. The Labute approximate surface area is 130 Å². The fourth-order valence-corrected chi connectivity index (χ4v) is 3.68. The number of likely N-dealkylation sites (tertiary alicyclic amines) is 1. The van der Waals surface area contributed by atoms with Gasteiger partial charge >= 0.3 is 0 Å². The summed E-state index contributed by atoms with van der Waals surface area (Å²) in [7, 11) is 0. The lowest BCUT2D eigenvalue weighted by Crippen LogP contribution is -2.48. The van der Waals surface area contributed by atoms with Crippen LogP contribution in [0.25, 0.3) is 0 Å². The molecule has 3 N–H and O–H groups in total. The highest BCUT2D eigenvalue weighted by Crippen LogP contribution is 2.27. The number of piperidine rings is 1. The molecule has 1 fully saturated rings. The highest BCUT2D eigenvalue weighted by molar-refractivity contribution is 5.96. The third-order valence-electron chi connectivity index (χ3n) is 4.75. The van der Waals surface area contributed by atoms with Crippen molar-refractivity contribution in [3.8, 4) is 0 Å². The minimum atomic E-state index is -0.246. The Morgan fingerprint density at radius 3 is 2.95 bits per heavy atom. The molecule has 118 valence electrons. The van der Waals surface area contributed by atoms with Gasteiger partial charge in [0.25, 0.3) is 0 Å². The first kappa shape index (κ1) is 15.0. The van der Waals surface area contributed by atoms with Gasteiger partial charge in [-0.15, -0.1) is 0 Å². The average molecular weight is 301 g/mol. The van der Waals surface area contributed by atoms with Gasteiger partial charge in [0.15, 0.2) is 0 Å². The highest BCUT2D eigenvalue weighted by Gasteiger charge is 2.32. The number of nitrogens with two attached hydrogens (primary N) is 1. The summed E-state index contributed by atoms with van der Waals surface area (Å²) in [6, 6.07) is 7.88. The Balaban J connectivity index is 1.70. The number of carbonyl (C=O) groups excluding carboxylic acids is 2. The van der Waals surface area contributed by atoms with E-state index in [1.54, 1.807) is 0 Å². The normalized spacial score (nSPS) is 25.9. The quantitative estimate of drug-likeness (QED) is 0.889. The molecule has 0 saturated carbocycles. The van der Waals surface area contributed by atoms with Crippen LogP contribution in [0.4, 0.5) is 5.69 Å². The zero-order valence-corrected chi connectivity index (χ0v) is 12.8. The van der Waals surface area contributed by atoms with E-state index >= 15 is 0 Å². The summed E-state index contributed by atoms with van der Waals surface area (Å²) in [5.74, 6) is 0.110. The number of rotatable bonds is 3. The number of hydrogen-bond donors (Lipinski definition) is 2. The predicted molar refractivity (Wildman–Crippen MR) is 85.3 cm³/mol. The Morgan fingerprint density at radius 2 is 2.14 bits per heavy atom. The standard InChI is InChI=1S/C17H23N3O2/c18-16(21)10-12-4-3-9-20(11-12)15-8-7-13-5-1-2-6-14(13)19-17(15)22/h1-2,5-6,12,15H,3-4,7-11H2,(H2,18,21)(H,19,22)/t12-,15+/m0/s1. The van der Waals surface area contributed by atoms with E-state index in [9.17, 15) is 9.59 Å². The van der Waals surface area contributed by atoms with E-state index in [2.05, 4.69) is 16.3 Å². The molecular weight excluding hydrogens is 278 g/mol. The Morgan fingerprint density at radius 1 is 1.32 bits per heavy atom. The van der Waals surface area contributed by atoms with Crippen LogP contribution in [-0.4, -0.2) is 35.8 Å². The van der Waals surface area contributed by atoms with Crippen LogP contribution >= 0.6 is 0 Å². The molecule has 22 heavy (non-hydrogen) atoms. The van der Waals surface area contributed by atoms with Crippen molar-refractivity contribution in [2.45, 2.75) is 38.1 Å². The van der Waals surface area contributed by atoms with Gasteiger partial charge in [0, 0.05) is 18.7 Å². The van der Waals surface area contributed by atoms with E-state index in [-0.39, 0.29) is 23.8 Å². The topological polar surface area (TPSA) is 75.4 Å². The molecule has 2 amide bonds. The van der Waals surface area contributed by atoms with Gasteiger partial charge in [-0.25, -0.2) is 0 Å². The van der Waals surface area contributed by atoms with Crippen molar-refractivity contribution in [2.24, 2.45) is 11.7 Å². The molecule has 3 rings (SSSR count). The zero-order chi connectivity index (χ0) is 15.5. The first-order chi connectivity index (χ1) is 10.6. The molecule has 2 atom stereocenters. The second kappa shape index (κ2) is 6.48. The minimum Gasteiger partial charge on any atom is -0.370 e. The molecule has 0 bridgehead atoms. The molecule has 2 aliphatic rings. The SMILES string of the molecule is NC(=O)C[C@@H]1CCCN([C@@H]2CCc3ccccc3NC2=O)C1. The number of fused-ring (bicyclic) bond motifs is 1. The van der Waals surface area contributed by atoms with E-state index in [0.29, 0.717) is 6.42 Å². The summed E-state index contributed by atoms with van der Waals surface area (Å²) in [5.41, 5.74) is 7.45. The molecule has 5 nitrogen and oxygen atoms in total. The number of para-hydroxylation sites is 1. The molecule has 0 aliphatic carbocycles. The van der Waals surface area contributed by atoms with Crippen molar-refractivity contribution >= 4 is 17.5 Å². The van der Waals surface area contributed by atoms with Gasteiger partial charge in [-0.05, 0) is 49.8 Å². The lowest BCUT2D eigenvalue weighted by atomic mass is 9.92. The molecule has 1 aromatic carbocycles. The summed E-state index contributed by atoms with van der Waals surface area (Å²) in [5, 5.41) is 3.05. The van der Waals surface area contributed by atoms with Crippen LogP contribution in [0.2, 0.25) is 0 Å². The van der Waals surface area contributed by atoms with Crippen LogP contribution in [0.1, 0.15) is 31.2 Å². The number of nitrogens with zero attached hydrogens (tertiary/aromatic N) is 1. The maximum Gasteiger partial charge on any atom is 0.241 e. The van der Waals surface area contributed by atoms with Crippen LogP contribution in [-0.2, 0) is 16.0 Å². The largest absolute Gasteiger partial charge is 0.370 e. The van der Waals surface area contributed by atoms with Crippen LogP contribution < -0.4 is 11.1 Å². The number of carbonyl (C=O) groups is 2. The van der Waals surface area contributed by atoms with Gasteiger partial charge in [0.1, 0.15) is 0 Å². The van der Waals surface area contributed by atoms with Gasteiger partial charge in [-0.2, -0.15) is 0 Å². The van der Waals surface area contributed by atoms with Crippen molar-refractivity contribution in [1.82, 2.24) is 4.90 Å². The second-order valence-electron chi connectivity index (χ2n) is 6.37. The number of amides is 2. The maximum atomic E-state index is 12.6. The predicted octanol–water partition coefficient (Wildman–Crippen LogP) is 1.53. The number of nitrogens with one attached hydrogen (secondary N) is 1. The van der Waals surface area contributed by atoms with Gasteiger partial charge in [-0.3, -0.25) is 14.5 Å². The highest BCUT2D eigenvalue weighted by atomic mass is 16.2. The number of aryl methyl sites for hydroxylation is 1. The van der Waals surface area contributed by atoms with E-state index < -0.39 is 0 Å². The molecule has 2 heterocycles. The summed E-state index contributed by atoms with van der Waals surface area (Å²) in [4.78, 5) is 25.9. The number of primary amides is 1.